The second-order valence-corrected chi connectivity index (χ2v) is 3.85. The number of aliphatic hydroxyl groups is 1. The fraction of sp³-hybridized carbons (Fsp3) is 0.636. The highest BCUT2D eigenvalue weighted by Crippen LogP contribution is 2.18. The molecule has 0 aromatic carbocycles. The van der Waals surface area contributed by atoms with Crippen molar-refractivity contribution < 1.29 is 24.9 Å². The number of carboxylic acid groups (broad SMARTS) is 2. The Balaban J connectivity index is 4.11. The summed E-state index contributed by atoms with van der Waals surface area (Å²) in [5.41, 5.74) is -0.287. The molecule has 2 atom stereocenters. The molecule has 0 aliphatic carbocycles. The highest BCUT2D eigenvalue weighted by Gasteiger charge is 2.24. The zero-order valence-electron chi connectivity index (χ0n) is 9.35. The van der Waals surface area contributed by atoms with Gasteiger partial charge in [-0.25, -0.2) is 4.79 Å². The number of rotatable bonds is 8. The summed E-state index contributed by atoms with van der Waals surface area (Å²) in [7, 11) is 0. The van der Waals surface area contributed by atoms with Crippen LogP contribution in [0.25, 0.3) is 0 Å². The van der Waals surface area contributed by atoms with Crippen molar-refractivity contribution >= 4 is 11.9 Å². The van der Waals surface area contributed by atoms with Gasteiger partial charge in [-0.1, -0.05) is 19.4 Å². The number of hydrogen-bond donors (Lipinski definition) is 3. The van der Waals surface area contributed by atoms with Gasteiger partial charge in [-0.2, -0.15) is 0 Å². The maximum atomic E-state index is 10.8. The molecule has 0 amide bonds. The largest absolute Gasteiger partial charge is 0.481 e. The quantitative estimate of drug-likeness (QED) is 0.431. The molecule has 0 radical (unpaired) electrons. The van der Waals surface area contributed by atoms with Crippen LogP contribution in [0.1, 0.15) is 32.6 Å². The van der Waals surface area contributed by atoms with Gasteiger partial charge in [0.2, 0.25) is 0 Å². The predicted molar refractivity (Wildman–Crippen MR) is 58.1 cm³/mol. The SMILES string of the molecule is C=C(C(=O)O)[C@H](CCCC[C@H](C)O)C(=O)O. The first-order valence-corrected chi connectivity index (χ1v) is 5.19. The second-order valence-electron chi connectivity index (χ2n) is 3.85. The summed E-state index contributed by atoms with van der Waals surface area (Å²) < 4.78 is 0. The van der Waals surface area contributed by atoms with Crippen LogP contribution in [0, 0.1) is 5.92 Å². The number of carboxylic acids is 2. The zero-order valence-corrected chi connectivity index (χ0v) is 9.35. The summed E-state index contributed by atoms with van der Waals surface area (Å²) in [6, 6.07) is 0. The molecule has 0 heterocycles. The summed E-state index contributed by atoms with van der Waals surface area (Å²) >= 11 is 0. The molecular formula is C11H18O5. The molecule has 0 aliphatic heterocycles. The molecular weight excluding hydrogens is 212 g/mol. The first-order valence-electron chi connectivity index (χ1n) is 5.19. The van der Waals surface area contributed by atoms with Gasteiger partial charge in [0, 0.05) is 5.57 Å². The minimum Gasteiger partial charge on any atom is -0.481 e. The van der Waals surface area contributed by atoms with Crippen LogP contribution < -0.4 is 0 Å². The standard InChI is InChI=1S/C11H18O5/c1-7(12)5-3-4-6-9(11(15)16)8(2)10(13)14/h7,9,12H,2-6H2,1H3,(H,13,14)(H,15,16)/t7-,9-/m0/s1. The zero-order chi connectivity index (χ0) is 12.7. The first kappa shape index (κ1) is 14.6. The molecule has 0 fully saturated rings. The van der Waals surface area contributed by atoms with E-state index in [1.165, 1.54) is 0 Å². The minimum absolute atomic E-state index is 0.243. The molecule has 3 N–H and O–H groups in total. The lowest BCUT2D eigenvalue weighted by atomic mass is 9.94. The van der Waals surface area contributed by atoms with Gasteiger partial charge in [0.25, 0.3) is 0 Å². The molecule has 0 aromatic rings. The molecule has 0 aliphatic rings. The normalized spacial score (nSPS) is 14.1. The number of unbranched alkanes of at least 4 members (excludes halogenated alkanes) is 1. The molecule has 0 aromatic heterocycles. The summed E-state index contributed by atoms with van der Waals surface area (Å²) in [5.74, 6) is -3.47. The third-order valence-electron chi connectivity index (χ3n) is 2.36. The van der Waals surface area contributed by atoms with Crippen molar-refractivity contribution in [3.63, 3.8) is 0 Å². The Labute approximate surface area is 94.4 Å². The van der Waals surface area contributed by atoms with E-state index in [2.05, 4.69) is 6.58 Å². The monoisotopic (exact) mass is 230 g/mol. The maximum absolute atomic E-state index is 10.8. The van der Waals surface area contributed by atoms with Crippen molar-refractivity contribution in [2.75, 3.05) is 0 Å². The Morgan fingerprint density at radius 3 is 2.06 bits per heavy atom. The number of aliphatic hydroxyl groups excluding tert-OH is 1. The maximum Gasteiger partial charge on any atom is 0.331 e. The van der Waals surface area contributed by atoms with E-state index in [4.69, 9.17) is 15.3 Å². The lowest BCUT2D eigenvalue weighted by Crippen LogP contribution is -2.20. The third-order valence-corrected chi connectivity index (χ3v) is 2.36. The van der Waals surface area contributed by atoms with Gasteiger partial charge < -0.3 is 15.3 Å². The van der Waals surface area contributed by atoms with E-state index in [1.54, 1.807) is 6.92 Å². The van der Waals surface area contributed by atoms with Gasteiger partial charge in [-0.3, -0.25) is 4.79 Å². The van der Waals surface area contributed by atoms with Crippen LogP contribution in [-0.4, -0.2) is 33.4 Å². The van der Waals surface area contributed by atoms with Gasteiger partial charge in [0.15, 0.2) is 0 Å². The van der Waals surface area contributed by atoms with Crippen molar-refractivity contribution in [1.29, 1.82) is 0 Å². The van der Waals surface area contributed by atoms with Gasteiger partial charge >= 0.3 is 11.9 Å². The van der Waals surface area contributed by atoms with E-state index in [9.17, 15) is 9.59 Å². The van der Waals surface area contributed by atoms with Crippen LogP contribution in [-0.2, 0) is 9.59 Å². The van der Waals surface area contributed by atoms with Crippen LogP contribution in [0.5, 0.6) is 0 Å². The molecule has 0 spiro atoms. The Bertz CT molecular complexity index is 270. The van der Waals surface area contributed by atoms with Crippen molar-refractivity contribution in [3.8, 4) is 0 Å². The molecule has 0 saturated heterocycles. The third kappa shape index (κ3) is 5.50. The van der Waals surface area contributed by atoms with Crippen LogP contribution in [0.2, 0.25) is 0 Å². The molecule has 0 saturated carbocycles. The summed E-state index contributed by atoms with van der Waals surface area (Å²) in [6.07, 6.45) is 1.66. The summed E-state index contributed by atoms with van der Waals surface area (Å²) in [5, 5.41) is 26.5. The van der Waals surface area contributed by atoms with Crippen LogP contribution >= 0.6 is 0 Å². The van der Waals surface area contributed by atoms with Crippen LogP contribution in [0.3, 0.4) is 0 Å². The Morgan fingerprint density at radius 1 is 1.19 bits per heavy atom. The average Bonchev–Trinajstić information content (AvgIpc) is 2.15. The molecule has 0 rings (SSSR count). The molecule has 0 unspecified atom stereocenters. The second kappa shape index (κ2) is 7.00. The number of aliphatic carboxylic acids is 2. The van der Waals surface area contributed by atoms with E-state index < -0.39 is 24.0 Å². The van der Waals surface area contributed by atoms with E-state index in [1.807, 2.05) is 0 Å². The topological polar surface area (TPSA) is 94.8 Å². The van der Waals surface area contributed by atoms with Gasteiger partial charge in [-0.05, 0) is 19.8 Å². The van der Waals surface area contributed by atoms with Gasteiger partial charge in [-0.15, -0.1) is 0 Å². The van der Waals surface area contributed by atoms with Gasteiger partial charge in [0.1, 0.15) is 0 Å². The van der Waals surface area contributed by atoms with E-state index in [0.29, 0.717) is 19.3 Å². The Kier molecular flexibility index (Phi) is 6.41. The van der Waals surface area contributed by atoms with Crippen molar-refractivity contribution in [2.45, 2.75) is 38.7 Å². The van der Waals surface area contributed by atoms with Crippen molar-refractivity contribution in [3.05, 3.63) is 12.2 Å². The molecule has 5 nitrogen and oxygen atoms in total. The highest BCUT2D eigenvalue weighted by molar-refractivity contribution is 5.93. The molecule has 0 bridgehead atoms. The highest BCUT2D eigenvalue weighted by atomic mass is 16.4. The van der Waals surface area contributed by atoms with E-state index >= 15 is 0 Å². The fourth-order valence-electron chi connectivity index (χ4n) is 1.38. The van der Waals surface area contributed by atoms with Crippen molar-refractivity contribution in [1.82, 2.24) is 0 Å². The number of hydrogen-bond acceptors (Lipinski definition) is 3. The Morgan fingerprint density at radius 2 is 1.69 bits per heavy atom. The Hall–Kier alpha value is -1.36. The molecule has 92 valence electrons. The smallest absolute Gasteiger partial charge is 0.331 e. The molecule has 5 heteroatoms. The van der Waals surface area contributed by atoms with Crippen LogP contribution in [0.4, 0.5) is 0 Å². The van der Waals surface area contributed by atoms with E-state index in [-0.39, 0.29) is 12.0 Å². The average molecular weight is 230 g/mol. The molecule has 16 heavy (non-hydrogen) atoms. The van der Waals surface area contributed by atoms with Crippen LogP contribution in [0.15, 0.2) is 12.2 Å². The number of carbonyl (C=O) groups is 2. The summed E-state index contributed by atoms with van der Waals surface area (Å²) in [4.78, 5) is 21.4. The summed E-state index contributed by atoms with van der Waals surface area (Å²) in [6.45, 7) is 4.92. The lowest BCUT2D eigenvalue weighted by molar-refractivity contribution is -0.144. The lowest BCUT2D eigenvalue weighted by Gasteiger charge is -2.12. The first-order chi connectivity index (χ1) is 7.36. The minimum atomic E-state index is -1.28. The van der Waals surface area contributed by atoms with Crippen molar-refractivity contribution in [2.24, 2.45) is 5.92 Å². The fourth-order valence-corrected chi connectivity index (χ4v) is 1.38. The van der Waals surface area contributed by atoms with E-state index in [0.717, 1.165) is 0 Å². The predicted octanol–water partition coefficient (Wildman–Crippen LogP) is 1.27. The van der Waals surface area contributed by atoms with Gasteiger partial charge in [0.05, 0.1) is 12.0 Å².